The fourth-order valence-electron chi connectivity index (χ4n) is 0.921. The summed E-state index contributed by atoms with van der Waals surface area (Å²) in [4.78, 5) is 14.4. The molecule has 0 bridgehead atoms. The molecule has 0 atom stereocenters. The Labute approximate surface area is 109 Å². The van der Waals surface area contributed by atoms with Gasteiger partial charge in [0.1, 0.15) is 0 Å². The molecule has 90 valence electrons. The van der Waals surface area contributed by atoms with Crippen molar-refractivity contribution in [2.24, 2.45) is 0 Å². The maximum Gasteiger partial charge on any atom is 0.304 e. The Morgan fingerprint density at radius 3 is 3.06 bits per heavy atom. The van der Waals surface area contributed by atoms with Crippen LogP contribution in [0.4, 0.5) is 10.3 Å². The molecule has 9 heteroatoms. The first kappa shape index (κ1) is 12.3. The lowest BCUT2D eigenvalue weighted by Gasteiger charge is -1.93. The Kier molecular flexibility index (Phi) is 4.29. The van der Waals surface area contributed by atoms with Gasteiger partial charge >= 0.3 is 5.97 Å². The second kappa shape index (κ2) is 5.94. The van der Waals surface area contributed by atoms with Crippen LogP contribution < -0.4 is 5.32 Å². The number of carbonyl (C=O) groups is 1. The summed E-state index contributed by atoms with van der Waals surface area (Å²) in [5.74, 6) is -0.301. The van der Waals surface area contributed by atoms with E-state index in [0.29, 0.717) is 10.9 Å². The molecule has 2 heterocycles. The Balaban J connectivity index is 1.85. The van der Waals surface area contributed by atoms with Crippen molar-refractivity contribution in [3.8, 4) is 0 Å². The number of aromatic nitrogens is 3. The van der Waals surface area contributed by atoms with Crippen LogP contribution in [0, 0.1) is 0 Å². The zero-order chi connectivity index (χ0) is 12.1. The second-order valence-corrected chi connectivity index (χ2v) is 6.04. The molecule has 2 aromatic heterocycles. The van der Waals surface area contributed by atoms with E-state index in [-0.39, 0.29) is 6.42 Å². The molecule has 2 rings (SSSR count). The molecule has 0 aliphatic carbocycles. The molecular formula is C8H8N4O2S3. The van der Waals surface area contributed by atoms with Crippen molar-refractivity contribution in [2.45, 2.75) is 10.8 Å². The van der Waals surface area contributed by atoms with Crippen LogP contribution in [0.5, 0.6) is 0 Å². The lowest BCUT2D eigenvalue weighted by Crippen LogP contribution is -1.95. The topological polar surface area (TPSA) is 88.0 Å². The van der Waals surface area contributed by atoms with Crippen molar-refractivity contribution < 1.29 is 9.90 Å². The molecule has 0 fully saturated rings. The lowest BCUT2D eigenvalue weighted by molar-refractivity contribution is -0.136. The van der Waals surface area contributed by atoms with Gasteiger partial charge in [-0.1, -0.05) is 23.1 Å². The van der Waals surface area contributed by atoms with Gasteiger partial charge in [-0.2, -0.15) is 0 Å². The summed E-state index contributed by atoms with van der Waals surface area (Å²) in [6.07, 6.45) is 1.83. The van der Waals surface area contributed by atoms with Gasteiger partial charge in [-0.3, -0.25) is 4.79 Å². The summed E-state index contributed by atoms with van der Waals surface area (Å²) in [5, 5.41) is 22.7. The third kappa shape index (κ3) is 3.95. The van der Waals surface area contributed by atoms with Crippen LogP contribution in [-0.4, -0.2) is 32.0 Å². The lowest BCUT2D eigenvalue weighted by atomic mass is 10.5. The minimum absolute atomic E-state index is 0.124. The SMILES string of the molecule is O=C(O)CCSc1nnc(Nc2nccs2)s1. The summed E-state index contributed by atoms with van der Waals surface area (Å²) in [6, 6.07) is 0. The molecule has 2 N–H and O–H groups in total. The van der Waals surface area contributed by atoms with Gasteiger partial charge in [0.25, 0.3) is 0 Å². The standard InChI is InChI=1S/C8H8N4O2S3/c13-5(14)1-3-16-8-12-11-7(17-8)10-6-9-2-4-15-6/h2,4H,1,3H2,(H,13,14)(H,9,10,11). The predicted octanol–water partition coefficient (Wildman–Crippen LogP) is 2.31. The van der Waals surface area contributed by atoms with Gasteiger partial charge in [0, 0.05) is 17.3 Å². The zero-order valence-corrected chi connectivity index (χ0v) is 10.9. The molecule has 0 unspecified atom stereocenters. The molecule has 0 saturated carbocycles. The third-order valence-electron chi connectivity index (χ3n) is 1.59. The number of anilines is 2. The van der Waals surface area contributed by atoms with Gasteiger partial charge in [-0.25, -0.2) is 4.98 Å². The van der Waals surface area contributed by atoms with Crippen molar-refractivity contribution in [2.75, 3.05) is 11.1 Å². The molecule has 0 aromatic carbocycles. The number of carboxylic acid groups (broad SMARTS) is 1. The van der Waals surface area contributed by atoms with E-state index < -0.39 is 5.97 Å². The van der Waals surface area contributed by atoms with E-state index in [2.05, 4.69) is 20.5 Å². The van der Waals surface area contributed by atoms with Crippen LogP contribution >= 0.6 is 34.4 Å². The third-order valence-corrected chi connectivity index (χ3v) is 4.26. The average molecular weight is 288 g/mol. The van der Waals surface area contributed by atoms with E-state index >= 15 is 0 Å². The quantitative estimate of drug-likeness (QED) is 0.788. The Morgan fingerprint density at radius 2 is 2.35 bits per heavy atom. The van der Waals surface area contributed by atoms with Crippen molar-refractivity contribution in [1.82, 2.24) is 15.2 Å². The van der Waals surface area contributed by atoms with Gasteiger partial charge in [0.05, 0.1) is 6.42 Å². The van der Waals surface area contributed by atoms with Gasteiger partial charge in [0.2, 0.25) is 5.13 Å². The smallest absolute Gasteiger partial charge is 0.304 e. The Hall–Kier alpha value is -1.19. The van der Waals surface area contributed by atoms with Crippen molar-refractivity contribution >= 4 is 50.7 Å². The van der Waals surface area contributed by atoms with Crippen molar-refractivity contribution in [1.29, 1.82) is 0 Å². The minimum atomic E-state index is -0.803. The van der Waals surface area contributed by atoms with Crippen LogP contribution in [0.2, 0.25) is 0 Å². The molecule has 0 saturated heterocycles. The number of aliphatic carboxylic acids is 1. The second-order valence-electron chi connectivity index (χ2n) is 2.83. The van der Waals surface area contributed by atoms with E-state index in [4.69, 9.17) is 5.11 Å². The van der Waals surface area contributed by atoms with Crippen LogP contribution in [0.1, 0.15) is 6.42 Å². The first-order valence-corrected chi connectivity index (χ1v) is 7.27. The van der Waals surface area contributed by atoms with Crippen molar-refractivity contribution in [3.05, 3.63) is 11.6 Å². The molecule has 0 spiro atoms. The van der Waals surface area contributed by atoms with Gasteiger partial charge in [-0.05, 0) is 0 Å². The summed E-state index contributed by atoms with van der Waals surface area (Å²) in [5.41, 5.74) is 0. The van der Waals surface area contributed by atoms with E-state index in [1.807, 2.05) is 5.38 Å². The van der Waals surface area contributed by atoms with Gasteiger partial charge in [-0.15, -0.1) is 21.5 Å². The average Bonchev–Trinajstić information content (AvgIpc) is 2.90. The summed E-state index contributed by atoms with van der Waals surface area (Å²) >= 11 is 4.26. The van der Waals surface area contributed by atoms with Crippen LogP contribution in [0.15, 0.2) is 15.9 Å². The summed E-state index contributed by atoms with van der Waals surface area (Å²) in [7, 11) is 0. The first-order chi connectivity index (χ1) is 8.24. The largest absolute Gasteiger partial charge is 0.481 e. The first-order valence-electron chi connectivity index (χ1n) is 4.58. The van der Waals surface area contributed by atoms with Gasteiger partial charge < -0.3 is 10.4 Å². The van der Waals surface area contributed by atoms with Crippen LogP contribution in [-0.2, 0) is 4.79 Å². The molecule has 6 nitrogen and oxygen atoms in total. The van der Waals surface area contributed by atoms with E-state index in [1.54, 1.807) is 6.20 Å². The molecule has 17 heavy (non-hydrogen) atoms. The molecule has 0 aliphatic rings. The molecule has 0 aliphatic heterocycles. The Morgan fingerprint density at radius 1 is 1.47 bits per heavy atom. The summed E-state index contributed by atoms with van der Waals surface area (Å²) in [6.45, 7) is 0. The molecule has 0 radical (unpaired) electrons. The highest BCUT2D eigenvalue weighted by atomic mass is 32.2. The highest BCUT2D eigenvalue weighted by Gasteiger charge is 2.06. The van der Waals surface area contributed by atoms with E-state index in [9.17, 15) is 4.79 Å². The number of thiazole rings is 1. The number of carboxylic acids is 1. The summed E-state index contributed by atoms with van der Waals surface area (Å²) < 4.78 is 0.755. The normalized spacial score (nSPS) is 10.4. The maximum atomic E-state index is 10.3. The van der Waals surface area contributed by atoms with E-state index in [1.165, 1.54) is 34.4 Å². The minimum Gasteiger partial charge on any atom is -0.481 e. The maximum absolute atomic E-state index is 10.3. The van der Waals surface area contributed by atoms with E-state index in [0.717, 1.165) is 9.47 Å². The van der Waals surface area contributed by atoms with Crippen LogP contribution in [0.25, 0.3) is 0 Å². The number of thioether (sulfide) groups is 1. The number of nitrogens with one attached hydrogen (secondary N) is 1. The molecular weight excluding hydrogens is 280 g/mol. The predicted molar refractivity (Wildman–Crippen MR) is 68.3 cm³/mol. The number of hydrogen-bond donors (Lipinski definition) is 2. The number of hydrogen-bond acceptors (Lipinski definition) is 8. The highest BCUT2D eigenvalue weighted by Crippen LogP contribution is 2.28. The Bertz CT molecular complexity index is 485. The van der Waals surface area contributed by atoms with Crippen molar-refractivity contribution in [3.63, 3.8) is 0 Å². The molecule has 0 amide bonds. The zero-order valence-electron chi connectivity index (χ0n) is 8.49. The molecule has 2 aromatic rings. The monoisotopic (exact) mass is 288 g/mol. The highest BCUT2D eigenvalue weighted by molar-refractivity contribution is 8.01. The van der Waals surface area contributed by atoms with Crippen LogP contribution in [0.3, 0.4) is 0 Å². The van der Waals surface area contributed by atoms with Gasteiger partial charge in [0.15, 0.2) is 9.47 Å². The number of nitrogens with zero attached hydrogens (tertiary/aromatic N) is 3. The number of rotatable bonds is 6. The fourth-order valence-corrected chi connectivity index (χ4v) is 3.26. The fraction of sp³-hybridized carbons (Fsp3) is 0.250.